The Hall–Kier alpha value is -1.25. The maximum Gasteiger partial charge on any atom is 0.0320 e. The second-order valence-corrected chi connectivity index (χ2v) is 6.58. The minimum Gasteiger partial charge on any atom is -0.313 e. The van der Waals surface area contributed by atoms with E-state index in [1.54, 1.807) is 0 Å². The Balaban J connectivity index is 1.87. The molecule has 104 valence electrons. The van der Waals surface area contributed by atoms with Crippen molar-refractivity contribution in [2.24, 2.45) is 0 Å². The van der Waals surface area contributed by atoms with Gasteiger partial charge < -0.3 is 5.32 Å². The molecule has 0 saturated heterocycles. The lowest BCUT2D eigenvalue weighted by atomic mass is 9.88. The van der Waals surface area contributed by atoms with E-state index in [1.165, 1.54) is 45.7 Å². The largest absolute Gasteiger partial charge is 0.313 e. The Morgan fingerprint density at radius 3 is 2.80 bits per heavy atom. The Bertz CT molecular complexity index is 606. The van der Waals surface area contributed by atoms with Crippen molar-refractivity contribution in [2.75, 3.05) is 7.05 Å². The SMILES string of the molecule is CNC1CCCc2cc(Sc3ccccc3C)ccc21. The molecule has 1 aliphatic carbocycles. The van der Waals surface area contributed by atoms with E-state index in [0.717, 1.165) is 0 Å². The zero-order valence-corrected chi connectivity index (χ0v) is 13.0. The van der Waals surface area contributed by atoms with Crippen molar-refractivity contribution in [1.29, 1.82) is 0 Å². The van der Waals surface area contributed by atoms with Gasteiger partial charge in [-0.1, -0.05) is 36.0 Å². The average Bonchev–Trinajstić information content (AvgIpc) is 2.49. The summed E-state index contributed by atoms with van der Waals surface area (Å²) < 4.78 is 0. The summed E-state index contributed by atoms with van der Waals surface area (Å²) in [5.74, 6) is 0. The van der Waals surface area contributed by atoms with Crippen molar-refractivity contribution in [2.45, 2.75) is 42.0 Å². The minimum atomic E-state index is 0.538. The van der Waals surface area contributed by atoms with Crippen molar-refractivity contribution < 1.29 is 0 Å². The third-order valence-electron chi connectivity index (χ3n) is 4.10. The van der Waals surface area contributed by atoms with Crippen molar-refractivity contribution >= 4 is 11.8 Å². The topological polar surface area (TPSA) is 12.0 Å². The van der Waals surface area contributed by atoms with E-state index >= 15 is 0 Å². The van der Waals surface area contributed by atoms with E-state index in [2.05, 4.69) is 61.8 Å². The third-order valence-corrected chi connectivity index (χ3v) is 5.27. The highest BCUT2D eigenvalue weighted by Gasteiger charge is 2.18. The van der Waals surface area contributed by atoms with Crippen molar-refractivity contribution in [3.63, 3.8) is 0 Å². The zero-order valence-electron chi connectivity index (χ0n) is 12.1. The maximum atomic E-state index is 3.43. The molecule has 2 aromatic rings. The second-order valence-electron chi connectivity index (χ2n) is 5.46. The molecular formula is C18H21NS. The molecule has 1 unspecified atom stereocenters. The van der Waals surface area contributed by atoms with Gasteiger partial charge in [0.05, 0.1) is 0 Å². The normalized spacial score (nSPS) is 17.8. The Kier molecular flexibility index (Phi) is 4.13. The second kappa shape index (κ2) is 6.02. The van der Waals surface area contributed by atoms with E-state index < -0.39 is 0 Å². The van der Waals surface area contributed by atoms with Crippen molar-refractivity contribution in [3.05, 3.63) is 59.2 Å². The van der Waals surface area contributed by atoms with Crippen LogP contribution in [0.25, 0.3) is 0 Å². The summed E-state index contributed by atoms with van der Waals surface area (Å²) in [4.78, 5) is 2.71. The van der Waals surface area contributed by atoms with Gasteiger partial charge in [0.25, 0.3) is 0 Å². The van der Waals surface area contributed by atoms with Gasteiger partial charge in [-0.05, 0) is 68.1 Å². The molecule has 0 aromatic heterocycles. The molecule has 0 amide bonds. The number of fused-ring (bicyclic) bond motifs is 1. The Morgan fingerprint density at radius 1 is 1.15 bits per heavy atom. The predicted molar refractivity (Wildman–Crippen MR) is 86.5 cm³/mol. The highest BCUT2D eigenvalue weighted by molar-refractivity contribution is 7.99. The summed E-state index contributed by atoms with van der Waals surface area (Å²) in [5, 5.41) is 3.43. The molecule has 0 saturated carbocycles. The number of nitrogens with one attached hydrogen (secondary N) is 1. The smallest absolute Gasteiger partial charge is 0.0320 e. The number of hydrogen-bond acceptors (Lipinski definition) is 2. The van der Waals surface area contributed by atoms with Crippen LogP contribution in [0.2, 0.25) is 0 Å². The van der Waals surface area contributed by atoms with Gasteiger partial charge in [-0.15, -0.1) is 0 Å². The van der Waals surface area contributed by atoms with E-state index in [0.29, 0.717) is 6.04 Å². The minimum absolute atomic E-state index is 0.538. The van der Waals surface area contributed by atoms with Gasteiger partial charge in [0, 0.05) is 15.8 Å². The van der Waals surface area contributed by atoms with E-state index in [-0.39, 0.29) is 0 Å². The highest BCUT2D eigenvalue weighted by Crippen LogP contribution is 2.35. The molecule has 1 nitrogen and oxygen atoms in total. The van der Waals surface area contributed by atoms with Crippen molar-refractivity contribution in [3.8, 4) is 0 Å². The van der Waals surface area contributed by atoms with Gasteiger partial charge in [0.1, 0.15) is 0 Å². The summed E-state index contributed by atoms with van der Waals surface area (Å²) in [6.07, 6.45) is 3.76. The van der Waals surface area contributed by atoms with E-state index in [1.807, 2.05) is 11.8 Å². The van der Waals surface area contributed by atoms with Gasteiger partial charge in [-0.3, -0.25) is 0 Å². The van der Waals surface area contributed by atoms with Crippen LogP contribution >= 0.6 is 11.8 Å². The summed E-state index contributed by atoms with van der Waals surface area (Å²) in [5.41, 5.74) is 4.37. The first-order valence-corrected chi connectivity index (χ1v) is 8.13. The lowest BCUT2D eigenvalue weighted by molar-refractivity contribution is 0.496. The first-order valence-electron chi connectivity index (χ1n) is 7.31. The molecule has 0 radical (unpaired) electrons. The van der Waals surface area contributed by atoms with Crippen LogP contribution in [0.5, 0.6) is 0 Å². The summed E-state index contributed by atoms with van der Waals surface area (Å²) in [7, 11) is 2.07. The number of rotatable bonds is 3. The van der Waals surface area contributed by atoms with Crippen LogP contribution in [0.4, 0.5) is 0 Å². The predicted octanol–water partition coefficient (Wildman–Crippen LogP) is 4.74. The van der Waals surface area contributed by atoms with Crippen LogP contribution in [0.1, 0.15) is 35.6 Å². The molecule has 0 heterocycles. The van der Waals surface area contributed by atoms with Crippen LogP contribution < -0.4 is 5.32 Å². The maximum absolute atomic E-state index is 3.43. The van der Waals surface area contributed by atoms with Gasteiger partial charge >= 0.3 is 0 Å². The van der Waals surface area contributed by atoms with Crippen molar-refractivity contribution in [1.82, 2.24) is 5.32 Å². The fourth-order valence-corrected chi connectivity index (χ4v) is 3.92. The van der Waals surface area contributed by atoms with Crippen LogP contribution in [-0.2, 0) is 6.42 Å². The molecule has 0 fully saturated rings. The van der Waals surface area contributed by atoms with Gasteiger partial charge in [-0.2, -0.15) is 0 Å². The molecular weight excluding hydrogens is 262 g/mol. The number of hydrogen-bond donors (Lipinski definition) is 1. The fourth-order valence-electron chi connectivity index (χ4n) is 2.95. The average molecular weight is 283 g/mol. The van der Waals surface area contributed by atoms with Gasteiger partial charge in [0.2, 0.25) is 0 Å². The number of benzene rings is 2. The molecule has 3 rings (SSSR count). The molecule has 1 aliphatic rings. The lowest BCUT2D eigenvalue weighted by Crippen LogP contribution is -2.21. The lowest BCUT2D eigenvalue weighted by Gasteiger charge is -2.25. The van der Waals surface area contributed by atoms with E-state index in [4.69, 9.17) is 0 Å². The quantitative estimate of drug-likeness (QED) is 0.873. The van der Waals surface area contributed by atoms with Crippen LogP contribution in [-0.4, -0.2) is 7.05 Å². The van der Waals surface area contributed by atoms with E-state index in [9.17, 15) is 0 Å². The molecule has 1 N–H and O–H groups in total. The Labute approximate surface area is 125 Å². The number of aryl methyl sites for hydroxylation is 2. The summed E-state index contributed by atoms with van der Waals surface area (Å²) in [6, 6.07) is 16.1. The molecule has 0 bridgehead atoms. The zero-order chi connectivity index (χ0) is 13.9. The molecule has 0 aliphatic heterocycles. The summed E-state index contributed by atoms with van der Waals surface area (Å²) in [6.45, 7) is 2.18. The van der Waals surface area contributed by atoms with Crippen LogP contribution in [0, 0.1) is 6.92 Å². The molecule has 0 spiro atoms. The van der Waals surface area contributed by atoms with Gasteiger partial charge in [-0.25, -0.2) is 0 Å². The van der Waals surface area contributed by atoms with Crippen LogP contribution in [0.15, 0.2) is 52.3 Å². The standard InChI is InChI=1S/C18H21NS/c1-13-6-3-4-9-18(13)20-15-10-11-16-14(12-15)7-5-8-17(16)19-2/h3-4,6,9-12,17,19H,5,7-8H2,1-2H3. The Morgan fingerprint density at radius 2 is 2.00 bits per heavy atom. The first kappa shape index (κ1) is 13.7. The molecule has 2 aromatic carbocycles. The third kappa shape index (κ3) is 2.77. The molecule has 1 atom stereocenters. The fraction of sp³-hybridized carbons (Fsp3) is 0.333. The molecule has 2 heteroatoms. The molecule has 20 heavy (non-hydrogen) atoms. The highest BCUT2D eigenvalue weighted by atomic mass is 32.2. The summed E-state index contributed by atoms with van der Waals surface area (Å²) >= 11 is 1.88. The monoisotopic (exact) mass is 283 g/mol. The van der Waals surface area contributed by atoms with Crippen LogP contribution in [0.3, 0.4) is 0 Å². The first-order chi connectivity index (χ1) is 9.78. The van der Waals surface area contributed by atoms with Gasteiger partial charge in [0.15, 0.2) is 0 Å².